The molecule has 0 aliphatic carbocycles. The summed E-state index contributed by atoms with van der Waals surface area (Å²) in [5, 5.41) is 0. The fraction of sp³-hybridized carbons (Fsp3) is 1.00. The second-order valence-electron chi connectivity index (χ2n) is 3.75. The molecule has 2 unspecified atom stereocenters. The molecule has 0 radical (unpaired) electrons. The average molecular weight is 231 g/mol. The predicted octanol–water partition coefficient (Wildman–Crippen LogP) is 5.35. The average Bonchev–Trinajstić information content (AvgIpc) is 2.38. The standard InChI is InChI=1S/C11H25N.2C2H6/c1-6-9-12(10(4)7-2)11(5)8-3;2*1-2/h10-11H,6-9H2,1-5H3;2*1-2H3. The van der Waals surface area contributed by atoms with E-state index in [1.807, 2.05) is 27.7 Å². The lowest BCUT2D eigenvalue weighted by Gasteiger charge is -2.33. The largest absolute Gasteiger partial charge is 0.298 e. The molecule has 0 fully saturated rings. The lowest BCUT2D eigenvalue weighted by molar-refractivity contribution is 0.146. The van der Waals surface area contributed by atoms with E-state index in [9.17, 15) is 0 Å². The zero-order chi connectivity index (χ0) is 13.6. The van der Waals surface area contributed by atoms with Crippen molar-refractivity contribution in [2.24, 2.45) is 0 Å². The minimum atomic E-state index is 0.750. The Hall–Kier alpha value is -0.0400. The first-order valence-corrected chi connectivity index (χ1v) is 7.43. The fourth-order valence-corrected chi connectivity index (χ4v) is 1.60. The molecule has 0 bridgehead atoms. The second-order valence-corrected chi connectivity index (χ2v) is 3.75. The molecule has 0 heterocycles. The van der Waals surface area contributed by atoms with E-state index in [1.54, 1.807) is 0 Å². The second kappa shape index (κ2) is 17.4. The number of hydrogen-bond acceptors (Lipinski definition) is 1. The van der Waals surface area contributed by atoms with Crippen molar-refractivity contribution in [3.8, 4) is 0 Å². The summed E-state index contributed by atoms with van der Waals surface area (Å²) in [6.07, 6.45) is 3.81. The van der Waals surface area contributed by atoms with Crippen molar-refractivity contribution < 1.29 is 0 Å². The van der Waals surface area contributed by atoms with Crippen molar-refractivity contribution in [1.82, 2.24) is 4.90 Å². The van der Waals surface area contributed by atoms with Crippen LogP contribution in [-0.2, 0) is 0 Å². The fourth-order valence-electron chi connectivity index (χ4n) is 1.60. The first kappa shape index (κ1) is 21.3. The molecule has 0 aromatic rings. The molecule has 0 saturated carbocycles. The van der Waals surface area contributed by atoms with Gasteiger partial charge in [-0.15, -0.1) is 0 Å². The Morgan fingerprint density at radius 1 is 0.750 bits per heavy atom. The highest BCUT2D eigenvalue weighted by Crippen LogP contribution is 2.11. The molecule has 0 saturated heterocycles. The van der Waals surface area contributed by atoms with Crippen LogP contribution in [-0.4, -0.2) is 23.5 Å². The van der Waals surface area contributed by atoms with E-state index in [-0.39, 0.29) is 0 Å². The molecule has 1 nitrogen and oxygen atoms in total. The lowest BCUT2D eigenvalue weighted by Crippen LogP contribution is -2.40. The van der Waals surface area contributed by atoms with Crippen molar-refractivity contribution in [2.45, 2.75) is 93.7 Å². The third kappa shape index (κ3) is 10.5. The van der Waals surface area contributed by atoms with E-state index in [2.05, 4.69) is 39.5 Å². The molecule has 0 aliphatic heterocycles. The highest BCUT2D eigenvalue weighted by Gasteiger charge is 2.15. The predicted molar refractivity (Wildman–Crippen MR) is 79.2 cm³/mol. The van der Waals surface area contributed by atoms with Crippen LogP contribution in [0.15, 0.2) is 0 Å². The van der Waals surface area contributed by atoms with Crippen LogP contribution in [0.3, 0.4) is 0 Å². The summed E-state index contributed by atoms with van der Waals surface area (Å²) in [4.78, 5) is 2.62. The Kier molecular flexibility index (Phi) is 23.1. The Labute approximate surface area is 106 Å². The van der Waals surface area contributed by atoms with E-state index in [4.69, 9.17) is 0 Å². The van der Waals surface area contributed by atoms with Crippen molar-refractivity contribution in [1.29, 1.82) is 0 Å². The van der Waals surface area contributed by atoms with E-state index in [1.165, 1.54) is 25.8 Å². The van der Waals surface area contributed by atoms with Crippen LogP contribution in [0, 0.1) is 0 Å². The zero-order valence-electron chi connectivity index (χ0n) is 13.4. The third-order valence-corrected chi connectivity index (χ3v) is 2.80. The smallest absolute Gasteiger partial charge is 0.00671 e. The topological polar surface area (TPSA) is 3.24 Å². The molecule has 1 heteroatoms. The van der Waals surface area contributed by atoms with Crippen LogP contribution in [0.4, 0.5) is 0 Å². The highest BCUT2D eigenvalue weighted by atomic mass is 15.2. The maximum absolute atomic E-state index is 2.62. The number of rotatable bonds is 6. The molecule has 0 aromatic heterocycles. The Morgan fingerprint density at radius 3 is 1.25 bits per heavy atom. The van der Waals surface area contributed by atoms with Gasteiger partial charge in [-0.25, -0.2) is 0 Å². The van der Waals surface area contributed by atoms with Crippen molar-refractivity contribution >= 4 is 0 Å². The quantitative estimate of drug-likeness (QED) is 0.596. The zero-order valence-corrected chi connectivity index (χ0v) is 13.4. The maximum atomic E-state index is 2.62. The van der Waals surface area contributed by atoms with Gasteiger partial charge in [0.05, 0.1) is 0 Å². The molecule has 0 aromatic carbocycles. The van der Waals surface area contributed by atoms with Crippen LogP contribution >= 0.6 is 0 Å². The van der Waals surface area contributed by atoms with Crippen LogP contribution in [0.1, 0.15) is 81.6 Å². The molecular formula is C15H37N. The van der Waals surface area contributed by atoms with Crippen LogP contribution in [0.25, 0.3) is 0 Å². The molecule has 0 rings (SSSR count). The van der Waals surface area contributed by atoms with Crippen LogP contribution in [0.5, 0.6) is 0 Å². The first-order chi connectivity index (χ1) is 7.67. The van der Waals surface area contributed by atoms with Gasteiger partial charge in [0.15, 0.2) is 0 Å². The van der Waals surface area contributed by atoms with Gasteiger partial charge < -0.3 is 0 Å². The van der Waals surface area contributed by atoms with Gasteiger partial charge in [0.1, 0.15) is 0 Å². The minimum absolute atomic E-state index is 0.750. The SMILES string of the molecule is CC.CC.CCCN(C(C)CC)C(C)CC. The summed E-state index contributed by atoms with van der Waals surface area (Å²) in [5.41, 5.74) is 0. The molecule has 2 atom stereocenters. The Morgan fingerprint density at radius 2 is 1.06 bits per heavy atom. The monoisotopic (exact) mass is 231 g/mol. The van der Waals surface area contributed by atoms with E-state index in [0.29, 0.717) is 0 Å². The van der Waals surface area contributed by atoms with Gasteiger partial charge in [-0.1, -0.05) is 48.5 Å². The van der Waals surface area contributed by atoms with Crippen LogP contribution in [0.2, 0.25) is 0 Å². The van der Waals surface area contributed by atoms with Gasteiger partial charge in [-0.05, 0) is 39.7 Å². The van der Waals surface area contributed by atoms with Gasteiger partial charge in [0.2, 0.25) is 0 Å². The van der Waals surface area contributed by atoms with Crippen molar-refractivity contribution in [3.63, 3.8) is 0 Å². The summed E-state index contributed by atoms with van der Waals surface area (Å²) in [6.45, 7) is 20.7. The molecule has 0 aliphatic rings. The Balaban J connectivity index is -0.000000376. The van der Waals surface area contributed by atoms with Gasteiger partial charge in [-0.2, -0.15) is 0 Å². The van der Waals surface area contributed by atoms with Crippen LogP contribution < -0.4 is 0 Å². The minimum Gasteiger partial charge on any atom is -0.298 e. The van der Waals surface area contributed by atoms with Crippen molar-refractivity contribution in [2.75, 3.05) is 6.54 Å². The molecule has 0 amide bonds. The molecule has 0 N–H and O–H groups in total. The van der Waals surface area contributed by atoms with Gasteiger partial charge in [-0.3, -0.25) is 4.90 Å². The van der Waals surface area contributed by atoms with Crippen molar-refractivity contribution in [3.05, 3.63) is 0 Å². The number of nitrogens with zero attached hydrogens (tertiary/aromatic N) is 1. The molecule has 102 valence electrons. The summed E-state index contributed by atoms with van der Waals surface area (Å²) in [5.74, 6) is 0. The Bertz CT molecular complexity index is 91.6. The van der Waals surface area contributed by atoms with E-state index < -0.39 is 0 Å². The van der Waals surface area contributed by atoms with Gasteiger partial charge in [0.25, 0.3) is 0 Å². The molecule has 0 spiro atoms. The highest BCUT2D eigenvalue weighted by molar-refractivity contribution is 4.71. The van der Waals surface area contributed by atoms with E-state index in [0.717, 1.165) is 12.1 Å². The summed E-state index contributed by atoms with van der Waals surface area (Å²) in [7, 11) is 0. The summed E-state index contributed by atoms with van der Waals surface area (Å²) < 4.78 is 0. The summed E-state index contributed by atoms with van der Waals surface area (Å²) >= 11 is 0. The maximum Gasteiger partial charge on any atom is 0.00671 e. The normalized spacial score (nSPS) is 13.1. The first-order valence-electron chi connectivity index (χ1n) is 7.43. The third-order valence-electron chi connectivity index (χ3n) is 2.80. The van der Waals surface area contributed by atoms with E-state index >= 15 is 0 Å². The summed E-state index contributed by atoms with van der Waals surface area (Å²) in [6, 6.07) is 1.50. The molecule has 16 heavy (non-hydrogen) atoms. The molecular weight excluding hydrogens is 194 g/mol. The van der Waals surface area contributed by atoms with Gasteiger partial charge in [0, 0.05) is 12.1 Å². The lowest BCUT2D eigenvalue weighted by atomic mass is 10.1. The van der Waals surface area contributed by atoms with Gasteiger partial charge >= 0.3 is 0 Å². The number of hydrogen-bond donors (Lipinski definition) is 0.